The van der Waals surface area contributed by atoms with Gasteiger partial charge in [-0.05, 0) is 126 Å². The summed E-state index contributed by atoms with van der Waals surface area (Å²) >= 11 is 0. The van der Waals surface area contributed by atoms with Crippen molar-refractivity contribution in [2.24, 2.45) is 0 Å². The van der Waals surface area contributed by atoms with E-state index in [9.17, 15) is 0 Å². The van der Waals surface area contributed by atoms with Gasteiger partial charge in [0, 0.05) is 27.6 Å². The van der Waals surface area contributed by atoms with Crippen molar-refractivity contribution in [2.45, 2.75) is 37.5 Å². The SMILES string of the molecule is CC1(C)c2ccccc2-c2cccc(-c3ccccc3-c3ccc(N(c4ccc5c(c4)C4(CCc6ccccc64)c4ccccc4-5)c4cccc5ccccc45)cc3)c21. The zero-order chi connectivity index (χ0) is 39.3. The molecule has 0 fully saturated rings. The van der Waals surface area contributed by atoms with E-state index in [-0.39, 0.29) is 10.8 Å². The summed E-state index contributed by atoms with van der Waals surface area (Å²) in [4.78, 5) is 2.49. The van der Waals surface area contributed by atoms with Gasteiger partial charge in [0.25, 0.3) is 0 Å². The third-order valence-electron chi connectivity index (χ3n) is 13.9. The molecule has 3 aliphatic carbocycles. The second-order valence-corrected chi connectivity index (χ2v) is 17.2. The predicted octanol–water partition coefficient (Wildman–Crippen LogP) is 15.2. The van der Waals surface area contributed by atoms with Crippen LogP contribution in [0.5, 0.6) is 0 Å². The van der Waals surface area contributed by atoms with E-state index in [4.69, 9.17) is 0 Å². The number of hydrogen-bond donors (Lipinski definition) is 0. The molecule has 0 saturated carbocycles. The van der Waals surface area contributed by atoms with Gasteiger partial charge in [0.15, 0.2) is 0 Å². The van der Waals surface area contributed by atoms with Crippen molar-refractivity contribution in [3.8, 4) is 44.5 Å². The summed E-state index contributed by atoms with van der Waals surface area (Å²) in [5.74, 6) is 0. The molecule has 0 saturated heterocycles. The van der Waals surface area contributed by atoms with Gasteiger partial charge in [0.1, 0.15) is 0 Å². The van der Waals surface area contributed by atoms with Gasteiger partial charge in [-0.15, -0.1) is 0 Å². The number of aryl methyl sites for hydroxylation is 1. The van der Waals surface area contributed by atoms with E-state index >= 15 is 0 Å². The molecule has 12 rings (SSSR count). The van der Waals surface area contributed by atoms with Crippen molar-refractivity contribution in [2.75, 3.05) is 4.90 Å². The van der Waals surface area contributed by atoms with Crippen molar-refractivity contribution >= 4 is 27.8 Å². The summed E-state index contributed by atoms with van der Waals surface area (Å²) in [6.07, 6.45) is 2.16. The van der Waals surface area contributed by atoms with Crippen molar-refractivity contribution in [1.29, 1.82) is 0 Å². The second-order valence-electron chi connectivity index (χ2n) is 17.2. The first kappa shape index (κ1) is 34.1. The lowest BCUT2D eigenvalue weighted by Gasteiger charge is -2.31. The number of benzene rings is 9. The summed E-state index contributed by atoms with van der Waals surface area (Å²) < 4.78 is 0. The number of rotatable bonds is 5. The molecule has 0 aliphatic heterocycles. The monoisotopic (exact) mass is 753 g/mol. The maximum Gasteiger partial charge on any atom is 0.0540 e. The van der Waals surface area contributed by atoms with Crippen LogP contribution in [0.3, 0.4) is 0 Å². The fourth-order valence-electron chi connectivity index (χ4n) is 11.3. The Morgan fingerprint density at radius 3 is 1.78 bits per heavy atom. The molecule has 0 N–H and O–H groups in total. The van der Waals surface area contributed by atoms with Crippen LogP contribution in [0.1, 0.15) is 53.6 Å². The molecule has 0 radical (unpaired) electrons. The lowest BCUT2D eigenvalue weighted by molar-refractivity contribution is 0.626. The van der Waals surface area contributed by atoms with Gasteiger partial charge in [0.05, 0.1) is 5.69 Å². The number of fused-ring (bicyclic) bond motifs is 11. The van der Waals surface area contributed by atoms with Crippen molar-refractivity contribution in [3.05, 3.63) is 234 Å². The Morgan fingerprint density at radius 1 is 0.407 bits per heavy atom. The molecule has 0 bridgehead atoms. The molecule has 1 atom stereocenters. The number of anilines is 3. The topological polar surface area (TPSA) is 3.24 Å². The standard InChI is InChI=1S/C58H43N/c1-57(2)52-26-11-8-22-47(52)50-24-14-23-49(56(50)57)45-20-7-6-18-43(45)39-29-31-41(32-30-39)59(55-28-13-17-38-15-3-5-19-44(38)55)42-33-34-48-46-21-9-12-27-53(46)58(54(48)37-42)36-35-40-16-4-10-25-51(40)58/h3-34,37H,35-36H2,1-2H3. The molecular weight excluding hydrogens is 711 g/mol. The van der Waals surface area contributed by atoms with E-state index in [1.165, 1.54) is 100 Å². The highest BCUT2D eigenvalue weighted by Gasteiger charge is 2.48. The summed E-state index contributed by atoms with van der Waals surface area (Å²) in [5.41, 5.74) is 22.2. The van der Waals surface area contributed by atoms with Gasteiger partial charge in [-0.1, -0.05) is 184 Å². The molecule has 1 unspecified atom stereocenters. The first-order valence-electron chi connectivity index (χ1n) is 21.1. The van der Waals surface area contributed by atoms with Crippen LogP contribution < -0.4 is 4.90 Å². The van der Waals surface area contributed by atoms with Crippen LogP contribution in [0.25, 0.3) is 55.3 Å². The average molecular weight is 754 g/mol. The normalized spacial score (nSPS) is 16.4. The van der Waals surface area contributed by atoms with Gasteiger partial charge in [-0.2, -0.15) is 0 Å². The molecule has 280 valence electrons. The zero-order valence-electron chi connectivity index (χ0n) is 33.4. The van der Waals surface area contributed by atoms with Gasteiger partial charge >= 0.3 is 0 Å². The van der Waals surface area contributed by atoms with Crippen molar-refractivity contribution in [3.63, 3.8) is 0 Å². The summed E-state index contributed by atoms with van der Waals surface area (Å²) in [6, 6.07) is 75.0. The van der Waals surface area contributed by atoms with Crippen LogP contribution in [0, 0.1) is 0 Å². The first-order chi connectivity index (χ1) is 29.0. The molecule has 1 nitrogen and oxygen atoms in total. The number of nitrogens with zero attached hydrogens (tertiary/aromatic N) is 1. The van der Waals surface area contributed by atoms with Crippen LogP contribution in [0.15, 0.2) is 200 Å². The Labute approximate surface area is 346 Å². The highest BCUT2D eigenvalue weighted by Crippen LogP contribution is 2.59. The summed E-state index contributed by atoms with van der Waals surface area (Å²) in [7, 11) is 0. The minimum atomic E-state index is -0.163. The lowest BCUT2D eigenvalue weighted by Crippen LogP contribution is -2.24. The smallest absolute Gasteiger partial charge is 0.0540 e. The lowest BCUT2D eigenvalue weighted by atomic mass is 9.73. The minimum Gasteiger partial charge on any atom is -0.310 e. The predicted molar refractivity (Wildman–Crippen MR) is 247 cm³/mol. The fourth-order valence-corrected chi connectivity index (χ4v) is 11.3. The molecule has 59 heavy (non-hydrogen) atoms. The van der Waals surface area contributed by atoms with Crippen molar-refractivity contribution < 1.29 is 0 Å². The molecule has 0 amide bonds. The van der Waals surface area contributed by atoms with Gasteiger partial charge < -0.3 is 4.90 Å². The van der Waals surface area contributed by atoms with Crippen molar-refractivity contribution in [1.82, 2.24) is 0 Å². The Kier molecular flexibility index (Phi) is 7.38. The third kappa shape index (κ3) is 4.85. The largest absolute Gasteiger partial charge is 0.310 e. The molecule has 9 aromatic carbocycles. The highest BCUT2D eigenvalue weighted by atomic mass is 15.1. The maximum atomic E-state index is 2.51. The molecule has 0 heterocycles. The van der Waals surface area contributed by atoms with E-state index in [0.29, 0.717) is 0 Å². The highest BCUT2D eigenvalue weighted by molar-refractivity contribution is 6.00. The van der Waals surface area contributed by atoms with E-state index in [1.54, 1.807) is 0 Å². The van der Waals surface area contributed by atoms with E-state index in [2.05, 4.69) is 219 Å². The Morgan fingerprint density at radius 2 is 0.966 bits per heavy atom. The van der Waals surface area contributed by atoms with Gasteiger partial charge in [-0.3, -0.25) is 0 Å². The maximum absolute atomic E-state index is 2.51. The zero-order valence-corrected chi connectivity index (χ0v) is 33.4. The Balaban J connectivity index is 1.02. The first-order valence-corrected chi connectivity index (χ1v) is 21.1. The number of hydrogen-bond acceptors (Lipinski definition) is 1. The molecule has 1 heteroatoms. The van der Waals surface area contributed by atoms with E-state index < -0.39 is 0 Å². The van der Waals surface area contributed by atoms with E-state index in [1.807, 2.05) is 0 Å². The molecule has 3 aliphatic rings. The Bertz CT molecular complexity index is 3140. The van der Waals surface area contributed by atoms with Crippen LogP contribution >= 0.6 is 0 Å². The Hall–Kier alpha value is -6.96. The molecular formula is C58H43N. The van der Waals surface area contributed by atoms with Crippen LogP contribution in [0.4, 0.5) is 17.1 Å². The molecule has 0 aromatic heterocycles. The third-order valence-corrected chi connectivity index (χ3v) is 13.9. The van der Waals surface area contributed by atoms with Gasteiger partial charge in [-0.25, -0.2) is 0 Å². The van der Waals surface area contributed by atoms with Crippen LogP contribution in [-0.4, -0.2) is 0 Å². The quantitative estimate of drug-likeness (QED) is 0.169. The minimum absolute atomic E-state index is 0.102. The molecule has 1 spiro atoms. The average Bonchev–Trinajstić information content (AvgIpc) is 3.90. The van der Waals surface area contributed by atoms with Crippen LogP contribution in [0.2, 0.25) is 0 Å². The van der Waals surface area contributed by atoms with Crippen LogP contribution in [-0.2, 0) is 17.3 Å². The summed E-state index contributed by atoms with van der Waals surface area (Å²) in [6.45, 7) is 4.76. The molecule has 9 aromatic rings. The second kappa shape index (κ2) is 12.8. The summed E-state index contributed by atoms with van der Waals surface area (Å²) in [5, 5.41) is 2.46. The fraction of sp³-hybridized carbons (Fsp3) is 0.103. The van der Waals surface area contributed by atoms with E-state index in [0.717, 1.165) is 18.5 Å². The van der Waals surface area contributed by atoms with Gasteiger partial charge in [0.2, 0.25) is 0 Å².